The highest BCUT2D eigenvalue weighted by molar-refractivity contribution is 7.99. The molecule has 0 aliphatic rings. The van der Waals surface area contributed by atoms with Crippen molar-refractivity contribution in [2.24, 2.45) is 4.99 Å². The summed E-state index contributed by atoms with van der Waals surface area (Å²) in [6, 6.07) is 12.4. The van der Waals surface area contributed by atoms with Crippen LogP contribution >= 0.6 is 11.8 Å². The molecule has 0 saturated carbocycles. The molecule has 7 heteroatoms. The zero-order valence-electron chi connectivity index (χ0n) is 15.9. The zero-order chi connectivity index (χ0) is 19.5. The van der Waals surface area contributed by atoms with Crippen molar-refractivity contribution >= 4 is 17.7 Å². The fourth-order valence-corrected chi connectivity index (χ4v) is 3.25. The van der Waals surface area contributed by atoms with Gasteiger partial charge in [0.2, 0.25) is 0 Å². The highest BCUT2D eigenvalue weighted by atomic mass is 32.2. The molecule has 0 atom stereocenters. The fourth-order valence-electron chi connectivity index (χ4n) is 2.40. The Morgan fingerprint density at radius 1 is 1.04 bits per heavy atom. The molecular weight excluding hydrogens is 365 g/mol. The number of guanidine groups is 1. The summed E-state index contributed by atoms with van der Waals surface area (Å²) in [5, 5.41) is 6.58. The number of rotatable bonds is 9. The molecule has 146 valence electrons. The molecule has 0 aromatic heterocycles. The highest BCUT2D eigenvalue weighted by Crippen LogP contribution is 2.27. The van der Waals surface area contributed by atoms with Crippen molar-refractivity contribution in [3.8, 4) is 11.5 Å². The molecule has 0 saturated heterocycles. The van der Waals surface area contributed by atoms with Crippen LogP contribution in [0.5, 0.6) is 11.5 Å². The quantitative estimate of drug-likeness (QED) is 0.296. The Balaban J connectivity index is 1.70. The first kappa shape index (κ1) is 20.9. The molecule has 0 spiro atoms. The first-order valence-electron chi connectivity index (χ1n) is 8.70. The molecule has 0 amide bonds. The Hall–Kier alpha value is -2.41. The average Bonchev–Trinajstić information content (AvgIpc) is 2.71. The molecule has 5 nitrogen and oxygen atoms in total. The summed E-state index contributed by atoms with van der Waals surface area (Å²) < 4.78 is 23.5. The van der Waals surface area contributed by atoms with Gasteiger partial charge in [-0.25, -0.2) is 4.39 Å². The van der Waals surface area contributed by atoms with Crippen LogP contribution < -0.4 is 20.1 Å². The third-order valence-electron chi connectivity index (χ3n) is 3.83. The van der Waals surface area contributed by atoms with Gasteiger partial charge in [-0.3, -0.25) is 4.99 Å². The summed E-state index contributed by atoms with van der Waals surface area (Å²) in [5.41, 5.74) is 1.07. The third-order valence-corrected chi connectivity index (χ3v) is 4.93. The number of halogens is 1. The Labute approximate surface area is 164 Å². The number of benzene rings is 2. The monoisotopic (exact) mass is 391 g/mol. The summed E-state index contributed by atoms with van der Waals surface area (Å²) in [6.07, 6.45) is 0.971. The van der Waals surface area contributed by atoms with Crippen molar-refractivity contribution in [3.05, 3.63) is 53.8 Å². The Morgan fingerprint density at radius 3 is 2.44 bits per heavy atom. The average molecular weight is 392 g/mol. The molecule has 2 aromatic carbocycles. The van der Waals surface area contributed by atoms with Crippen LogP contribution in [0.1, 0.15) is 12.0 Å². The number of thioether (sulfide) groups is 1. The lowest BCUT2D eigenvalue weighted by atomic mass is 10.2. The largest absolute Gasteiger partial charge is 0.493 e. The van der Waals surface area contributed by atoms with E-state index in [1.165, 1.54) is 12.1 Å². The minimum absolute atomic E-state index is 0.203. The predicted molar refractivity (Wildman–Crippen MR) is 109 cm³/mol. The van der Waals surface area contributed by atoms with Gasteiger partial charge in [-0.1, -0.05) is 6.07 Å². The summed E-state index contributed by atoms with van der Waals surface area (Å²) in [5.74, 6) is 2.91. The Morgan fingerprint density at radius 2 is 1.78 bits per heavy atom. The van der Waals surface area contributed by atoms with Crippen molar-refractivity contribution in [2.45, 2.75) is 17.9 Å². The number of nitrogens with one attached hydrogen (secondary N) is 2. The van der Waals surface area contributed by atoms with Crippen LogP contribution in [0.3, 0.4) is 0 Å². The zero-order valence-corrected chi connectivity index (χ0v) is 16.7. The summed E-state index contributed by atoms with van der Waals surface area (Å²) in [4.78, 5) is 5.31. The predicted octanol–water partition coefficient (Wildman–Crippen LogP) is 3.69. The van der Waals surface area contributed by atoms with Gasteiger partial charge in [-0.05, 0) is 54.1 Å². The molecule has 27 heavy (non-hydrogen) atoms. The van der Waals surface area contributed by atoms with Crippen molar-refractivity contribution in [3.63, 3.8) is 0 Å². The van der Waals surface area contributed by atoms with E-state index in [2.05, 4.69) is 15.6 Å². The lowest BCUT2D eigenvalue weighted by molar-refractivity contribution is 0.354. The van der Waals surface area contributed by atoms with Gasteiger partial charge in [-0.2, -0.15) is 0 Å². The molecule has 0 fully saturated rings. The molecule has 0 heterocycles. The Bertz CT molecular complexity index is 739. The lowest BCUT2D eigenvalue weighted by Gasteiger charge is -2.13. The topological polar surface area (TPSA) is 54.9 Å². The molecule has 0 aliphatic heterocycles. The maximum absolute atomic E-state index is 12.9. The molecule has 2 aromatic rings. The second kappa shape index (κ2) is 11.3. The van der Waals surface area contributed by atoms with Gasteiger partial charge in [0.25, 0.3) is 0 Å². The van der Waals surface area contributed by atoms with Gasteiger partial charge in [0, 0.05) is 25.0 Å². The minimum atomic E-state index is -0.203. The number of nitrogens with zero attached hydrogens (tertiary/aromatic N) is 1. The standard InChI is InChI=1S/C20H26FN3O2S/c1-22-20(23-11-4-12-27-17-8-6-16(21)7-9-17)24-14-15-5-10-18(25-2)19(13-15)26-3/h5-10,13H,4,11-12,14H2,1-3H3,(H2,22,23,24). The van der Waals surface area contributed by atoms with E-state index < -0.39 is 0 Å². The number of ether oxygens (including phenoxy) is 2. The van der Waals surface area contributed by atoms with Crippen LogP contribution in [0.15, 0.2) is 52.4 Å². The minimum Gasteiger partial charge on any atom is -0.493 e. The van der Waals surface area contributed by atoms with Gasteiger partial charge in [-0.15, -0.1) is 11.8 Å². The van der Waals surface area contributed by atoms with Crippen LogP contribution in [0.4, 0.5) is 4.39 Å². The molecule has 0 bridgehead atoms. The first-order valence-corrected chi connectivity index (χ1v) is 9.68. The van der Waals surface area contributed by atoms with E-state index in [1.807, 2.05) is 18.2 Å². The molecular formula is C20H26FN3O2S. The third kappa shape index (κ3) is 7.02. The normalized spacial score (nSPS) is 11.2. The number of hydrogen-bond acceptors (Lipinski definition) is 4. The van der Waals surface area contributed by atoms with Gasteiger partial charge < -0.3 is 20.1 Å². The van der Waals surface area contributed by atoms with Crippen LogP contribution in [0, 0.1) is 5.82 Å². The summed E-state index contributed by atoms with van der Waals surface area (Å²) >= 11 is 1.71. The summed E-state index contributed by atoms with van der Waals surface area (Å²) in [6.45, 7) is 1.43. The van der Waals surface area contributed by atoms with Gasteiger partial charge in [0.1, 0.15) is 5.82 Å². The van der Waals surface area contributed by atoms with E-state index in [0.29, 0.717) is 18.0 Å². The second-order valence-electron chi connectivity index (χ2n) is 5.70. The molecule has 2 N–H and O–H groups in total. The highest BCUT2D eigenvalue weighted by Gasteiger charge is 2.05. The van der Waals surface area contributed by atoms with E-state index in [0.717, 1.165) is 35.1 Å². The van der Waals surface area contributed by atoms with Gasteiger partial charge >= 0.3 is 0 Å². The summed E-state index contributed by atoms with van der Waals surface area (Å²) in [7, 11) is 4.99. The smallest absolute Gasteiger partial charge is 0.191 e. The van der Waals surface area contributed by atoms with Crippen LogP contribution in [-0.2, 0) is 6.54 Å². The van der Waals surface area contributed by atoms with Crippen LogP contribution in [0.2, 0.25) is 0 Å². The van der Waals surface area contributed by atoms with Crippen molar-refractivity contribution < 1.29 is 13.9 Å². The van der Waals surface area contributed by atoms with E-state index in [9.17, 15) is 4.39 Å². The van der Waals surface area contributed by atoms with Crippen molar-refractivity contribution in [2.75, 3.05) is 33.6 Å². The van der Waals surface area contributed by atoms with Gasteiger partial charge in [0.15, 0.2) is 17.5 Å². The maximum atomic E-state index is 12.9. The van der Waals surface area contributed by atoms with E-state index in [1.54, 1.807) is 45.2 Å². The number of methoxy groups -OCH3 is 2. The van der Waals surface area contributed by atoms with Crippen LogP contribution in [-0.4, -0.2) is 39.5 Å². The van der Waals surface area contributed by atoms with Gasteiger partial charge in [0.05, 0.1) is 14.2 Å². The molecule has 0 radical (unpaired) electrons. The fraction of sp³-hybridized carbons (Fsp3) is 0.350. The molecule has 2 rings (SSSR count). The SMILES string of the molecule is CN=C(NCCCSc1ccc(F)cc1)NCc1ccc(OC)c(OC)c1. The first-order chi connectivity index (χ1) is 13.2. The van der Waals surface area contributed by atoms with E-state index in [-0.39, 0.29) is 5.82 Å². The number of hydrogen-bond donors (Lipinski definition) is 2. The number of aliphatic imine (C=N–C) groups is 1. The molecule has 0 unspecified atom stereocenters. The lowest BCUT2D eigenvalue weighted by Crippen LogP contribution is -2.37. The second-order valence-corrected chi connectivity index (χ2v) is 6.87. The van der Waals surface area contributed by atoms with Crippen molar-refractivity contribution in [1.29, 1.82) is 0 Å². The van der Waals surface area contributed by atoms with E-state index in [4.69, 9.17) is 9.47 Å². The van der Waals surface area contributed by atoms with E-state index >= 15 is 0 Å². The van der Waals surface area contributed by atoms with Crippen molar-refractivity contribution in [1.82, 2.24) is 10.6 Å². The maximum Gasteiger partial charge on any atom is 0.191 e. The van der Waals surface area contributed by atoms with Crippen LogP contribution in [0.25, 0.3) is 0 Å². The Kier molecular flexibility index (Phi) is 8.77. The molecule has 0 aliphatic carbocycles.